The molecule has 7 heteroatoms. The van der Waals surface area contributed by atoms with Gasteiger partial charge < -0.3 is 14.8 Å². The Labute approximate surface area is 204 Å². The summed E-state index contributed by atoms with van der Waals surface area (Å²) in [6, 6.07) is 17.2. The number of halogens is 3. The third-order valence-corrected chi connectivity index (χ3v) is 6.92. The number of carbonyl (C=O) groups excluding carboxylic acids is 1. The average molecular weight is 491 g/mol. The van der Waals surface area contributed by atoms with E-state index in [1.165, 1.54) is 6.42 Å². The minimum atomic E-state index is -0.120. The van der Waals surface area contributed by atoms with Crippen LogP contribution in [-0.2, 0) is 13.1 Å². The third-order valence-electron chi connectivity index (χ3n) is 5.95. The number of anilines is 1. The molecule has 0 aliphatic heterocycles. The Morgan fingerprint density at radius 1 is 0.969 bits per heavy atom. The Hall–Kier alpha value is -2.14. The van der Waals surface area contributed by atoms with Crippen molar-refractivity contribution in [3.63, 3.8) is 0 Å². The van der Waals surface area contributed by atoms with Gasteiger partial charge in [-0.25, -0.2) is 4.79 Å². The zero-order valence-corrected chi connectivity index (χ0v) is 20.0. The number of urea groups is 1. The van der Waals surface area contributed by atoms with E-state index in [2.05, 4.69) is 22.0 Å². The summed E-state index contributed by atoms with van der Waals surface area (Å²) < 4.78 is 2.17. The molecular formula is C25H26Cl3N3O. The van der Waals surface area contributed by atoms with Crippen LogP contribution in [0.1, 0.15) is 43.4 Å². The summed E-state index contributed by atoms with van der Waals surface area (Å²) in [5.41, 5.74) is 2.85. The molecule has 168 valence electrons. The maximum absolute atomic E-state index is 13.4. The van der Waals surface area contributed by atoms with Crippen LogP contribution >= 0.6 is 34.8 Å². The van der Waals surface area contributed by atoms with Crippen LogP contribution in [-0.4, -0.2) is 21.5 Å². The van der Waals surface area contributed by atoms with Crippen molar-refractivity contribution in [3.8, 4) is 0 Å². The third kappa shape index (κ3) is 5.80. The van der Waals surface area contributed by atoms with Crippen LogP contribution in [0.2, 0.25) is 15.1 Å². The number of hydrogen-bond acceptors (Lipinski definition) is 1. The predicted octanol–water partition coefficient (Wildman–Crippen LogP) is 7.86. The highest BCUT2D eigenvalue weighted by atomic mass is 35.5. The van der Waals surface area contributed by atoms with Gasteiger partial charge in [-0.2, -0.15) is 0 Å². The summed E-state index contributed by atoms with van der Waals surface area (Å²) in [4.78, 5) is 15.3. The second-order valence-electron chi connectivity index (χ2n) is 8.24. The molecule has 32 heavy (non-hydrogen) atoms. The molecule has 0 atom stereocenters. The van der Waals surface area contributed by atoms with E-state index in [9.17, 15) is 4.79 Å². The first kappa shape index (κ1) is 23.0. The first-order valence-electron chi connectivity index (χ1n) is 10.9. The average Bonchev–Trinajstić information content (AvgIpc) is 3.21. The van der Waals surface area contributed by atoms with Crippen LogP contribution < -0.4 is 5.32 Å². The predicted molar refractivity (Wildman–Crippen MR) is 133 cm³/mol. The molecule has 0 spiro atoms. The van der Waals surface area contributed by atoms with Gasteiger partial charge in [0.05, 0.1) is 16.6 Å². The van der Waals surface area contributed by atoms with E-state index >= 15 is 0 Å². The monoisotopic (exact) mass is 489 g/mol. The summed E-state index contributed by atoms with van der Waals surface area (Å²) in [5.74, 6) is 0. The van der Waals surface area contributed by atoms with Gasteiger partial charge in [-0.05, 0) is 60.9 Å². The van der Waals surface area contributed by atoms with E-state index in [0.717, 1.165) is 42.0 Å². The van der Waals surface area contributed by atoms with E-state index in [0.29, 0.717) is 28.8 Å². The van der Waals surface area contributed by atoms with E-state index in [1.54, 1.807) is 18.2 Å². The van der Waals surface area contributed by atoms with E-state index < -0.39 is 0 Å². The van der Waals surface area contributed by atoms with E-state index in [4.69, 9.17) is 34.8 Å². The maximum Gasteiger partial charge on any atom is 0.322 e. The lowest BCUT2D eigenvalue weighted by molar-refractivity contribution is 0.161. The number of hydrogen-bond donors (Lipinski definition) is 1. The Morgan fingerprint density at radius 2 is 1.78 bits per heavy atom. The van der Waals surface area contributed by atoms with Gasteiger partial charge >= 0.3 is 6.03 Å². The molecule has 1 aliphatic rings. The zero-order chi connectivity index (χ0) is 22.5. The lowest BCUT2D eigenvalue weighted by Gasteiger charge is -2.34. The molecular weight excluding hydrogens is 465 g/mol. The van der Waals surface area contributed by atoms with Crippen molar-refractivity contribution in [1.82, 2.24) is 9.47 Å². The van der Waals surface area contributed by atoms with Crippen LogP contribution in [0, 0.1) is 0 Å². The summed E-state index contributed by atoms with van der Waals surface area (Å²) in [6.07, 6.45) is 7.60. The van der Waals surface area contributed by atoms with Gasteiger partial charge in [0.15, 0.2) is 0 Å². The van der Waals surface area contributed by atoms with Gasteiger partial charge in [-0.1, -0.05) is 66.2 Å². The molecule has 1 fully saturated rings. The molecule has 1 aliphatic carbocycles. The molecule has 3 aromatic rings. The number of nitrogens with one attached hydrogen (secondary N) is 1. The molecule has 4 rings (SSSR count). The molecule has 0 bridgehead atoms. The quantitative estimate of drug-likeness (QED) is 0.375. The highest BCUT2D eigenvalue weighted by molar-refractivity contribution is 6.42. The zero-order valence-electron chi connectivity index (χ0n) is 17.7. The van der Waals surface area contributed by atoms with Crippen molar-refractivity contribution in [2.75, 3.05) is 5.32 Å². The minimum Gasteiger partial charge on any atom is -0.345 e. The number of carbonyl (C=O) groups is 1. The van der Waals surface area contributed by atoms with Crippen molar-refractivity contribution in [1.29, 1.82) is 0 Å². The van der Waals surface area contributed by atoms with Gasteiger partial charge in [0.1, 0.15) is 0 Å². The maximum atomic E-state index is 13.4. The summed E-state index contributed by atoms with van der Waals surface area (Å²) in [5, 5.41) is 4.62. The van der Waals surface area contributed by atoms with Crippen molar-refractivity contribution in [2.45, 2.75) is 51.2 Å². The van der Waals surface area contributed by atoms with Gasteiger partial charge in [0.2, 0.25) is 0 Å². The Balaban J connectivity index is 1.54. The topological polar surface area (TPSA) is 37.3 Å². The fraction of sp³-hybridized carbons (Fsp3) is 0.320. The molecule has 1 aromatic heterocycles. The normalized spacial score (nSPS) is 14.3. The number of benzene rings is 2. The first-order valence-corrected chi connectivity index (χ1v) is 12.0. The van der Waals surface area contributed by atoms with Crippen LogP contribution in [0.15, 0.2) is 60.8 Å². The first-order chi connectivity index (χ1) is 15.5. The van der Waals surface area contributed by atoms with Crippen molar-refractivity contribution in [3.05, 3.63) is 87.1 Å². The molecule has 1 heterocycles. The minimum absolute atomic E-state index is 0.120. The second-order valence-corrected chi connectivity index (χ2v) is 9.49. The Morgan fingerprint density at radius 3 is 2.53 bits per heavy atom. The Kier molecular flexibility index (Phi) is 7.67. The van der Waals surface area contributed by atoms with E-state index in [1.807, 2.05) is 35.4 Å². The van der Waals surface area contributed by atoms with Crippen LogP contribution in [0.4, 0.5) is 10.5 Å². The lowest BCUT2D eigenvalue weighted by atomic mass is 9.94. The highest BCUT2D eigenvalue weighted by Gasteiger charge is 2.26. The van der Waals surface area contributed by atoms with Crippen LogP contribution in [0.5, 0.6) is 0 Å². The smallest absolute Gasteiger partial charge is 0.322 e. The van der Waals surface area contributed by atoms with Crippen molar-refractivity contribution < 1.29 is 4.79 Å². The summed E-state index contributed by atoms with van der Waals surface area (Å²) in [6.45, 7) is 1.24. The van der Waals surface area contributed by atoms with Gasteiger partial charge in [-0.15, -0.1) is 0 Å². The van der Waals surface area contributed by atoms with Crippen LogP contribution in [0.25, 0.3) is 0 Å². The number of nitrogens with zero attached hydrogens (tertiary/aromatic N) is 2. The van der Waals surface area contributed by atoms with Crippen molar-refractivity contribution >= 4 is 46.5 Å². The number of amides is 2. The SMILES string of the molecule is O=C(Nc1ccc(Cl)c(Cl)c1)N(Cc1cccn1Cc1cccc(Cl)c1)C1CCCCC1. The molecule has 0 saturated heterocycles. The number of aromatic nitrogens is 1. The fourth-order valence-corrected chi connectivity index (χ4v) is 4.79. The molecule has 0 radical (unpaired) electrons. The molecule has 1 N–H and O–H groups in total. The van der Waals surface area contributed by atoms with Gasteiger partial charge in [0, 0.05) is 35.2 Å². The molecule has 2 amide bonds. The molecule has 4 nitrogen and oxygen atoms in total. The standard InChI is InChI=1S/C25H26Cl3N3O/c26-19-7-4-6-18(14-19)16-30-13-5-10-22(30)17-31(21-8-2-1-3-9-21)25(32)29-20-11-12-23(27)24(28)15-20/h4-7,10-15,21H,1-3,8-9,16-17H2,(H,29,32). The molecule has 2 aromatic carbocycles. The van der Waals surface area contributed by atoms with Crippen molar-refractivity contribution in [2.24, 2.45) is 0 Å². The summed E-state index contributed by atoms with van der Waals surface area (Å²) in [7, 11) is 0. The lowest BCUT2D eigenvalue weighted by Crippen LogP contribution is -2.43. The second kappa shape index (κ2) is 10.7. The van der Waals surface area contributed by atoms with Gasteiger partial charge in [0.25, 0.3) is 0 Å². The van der Waals surface area contributed by atoms with E-state index in [-0.39, 0.29) is 12.1 Å². The Bertz CT molecular complexity index is 1080. The summed E-state index contributed by atoms with van der Waals surface area (Å²) >= 11 is 18.3. The highest BCUT2D eigenvalue weighted by Crippen LogP contribution is 2.28. The van der Waals surface area contributed by atoms with Crippen LogP contribution in [0.3, 0.4) is 0 Å². The largest absolute Gasteiger partial charge is 0.345 e. The fourth-order valence-electron chi connectivity index (χ4n) is 4.28. The molecule has 1 saturated carbocycles. The van der Waals surface area contributed by atoms with Gasteiger partial charge in [-0.3, -0.25) is 0 Å². The molecule has 0 unspecified atom stereocenters. The number of rotatable bonds is 6.